The van der Waals surface area contributed by atoms with Crippen LogP contribution < -0.4 is 10.0 Å². The molecule has 138 valence electrons. The van der Waals surface area contributed by atoms with Crippen LogP contribution in [0.15, 0.2) is 53.4 Å². The number of hydrogen-bond donors (Lipinski definition) is 2. The highest BCUT2D eigenvalue weighted by Crippen LogP contribution is 2.18. The van der Waals surface area contributed by atoms with Gasteiger partial charge in [0.1, 0.15) is 5.82 Å². The first-order valence-electron chi connectivity index (χ1n) is 8.23. The number of hydrogen-bond acceptors (Lipinski definition) is 4. The zero-order valence-corrected chi connectivity index (χ0v) is 15.1. The number of anilines is 1. The molecule has 1 heterocycles. The second-order valence-corrected chi connectivity index (χ2v) is 7.88. The van der Waals surface area contributed by atoms with Crippen molar-refractivity contribution in [1.82, 2.24) is 10.2 Å². The van der Waals surface area contributed by atoms with E-state index in [-0.39, 0.29) is 22.5 Å². The molecule has 1 unspecified atom stereocenters. The van der Waals surface area contributed by atoms with Crippen LogP contribution >= 0.6 is 0 Å². The fraction of sp³-hybridized carbons (Fsp3) is 0.278. The Labute approximate surface area is 152 Å². The molecule has 2 aromatic rings. The highest BCUT2D eigenvalue weighted by Gasteiger charge is 2.24. The maximum Gasteiger partial charge on any atom is 0.261 e. The van der Waals surface area contributed by atoms with Gasteiger partial charge < -0.3 is 10.2 Å². The van der Waals surface area contributed by atoms with Gasteiger partial charge in [-0.3, -0.25) is 9.52 Å². The molecule has 1 saturated heterocycles. The first kappa shape index (κ1) is 18.3. The molecule has 3 rings (SSSR count). The topological polar surface area (TPSA) is 78.5 Å². The van der Waals surface area contributed by atoms with Crippen LogP contribution in [0.4, 0.5) is 10.1 Å². The number of halogens is 1. The second kappa shape index (κ2) is 7.43. The van der Waals surface area contributed by atoms with E-state index in [1.165, 1.54) is 48.5 Å². The summed E-state index contributed by atoms with van der Waals surface area (Å²) in [5.41, 5.74) is 0.695. The largest absolute Gasteiger partial charge is 0.337 e. The molecule has 6 nitrogen and oxygen atoms in total. The summed E-state index contributed by atoms with van der Waals surface area (Å²) >= 11 is 0. The first-order valence-corrected chi connectivity index (χ1v) is 9.71. The van der Waals surface area contributed by atoms with E-state index < -0.39 is 15.8 Å². The van der Waals surface area contributed by atoms with Gasteiger partial charge >= 0.3 is 0 Å². The van der Waals surface area contributed by atoms with Crippen LogP contribution in [0.5, 0.6) is 0 Å². The van der Waals surface area contributed by atoms with E-state index in [1.807, 2.05) is 0 Å². The third-order valence-electron chi connectivity index (χ3n) is 4.41. The average Bonchev–Trinajstić information content (AvgIpc) is 3.17. The van der Waals surface area contributed by atoms with Crippen LogP contribution in [0.3, 0.4) is 0 Å². The number of sulfonamides is 1. The van der Waals surface area contributed by atoms with E-state index in [2.05, 4.69) is 10.0 Å². The Kier molecular flexibility index (Phi) is 5.24. The van der Waals surface area contributed by atoms with Crippen molar-refractivity contribution in [3.05, 3.63) is 59.9 Å². The van der Waals surface area contributed by atoms with E-state index in [1.54, 1.807) is 11.9 Å². The SMILES string of the molecule is CN(C(=O)c1ccc(S(=O)(=O)Nc2ccc(F)cc2)cc1)C1CCNC1. The number of likely N-dealkylation sites (N-methyl/N-ethyl adjacent to an activating group) is 1. The van der Waals surface area contributed by atoms with E-state index in [9.17, 15) is 17.6 Å². The van der Waals surface area contributed by atoms with Crippen LogP contribution in [0.1, 0.15) is 16.8 Å². The lowest BCUT2D eigenvalue weighted by atomic mass is 10.1. The molecule has 2 N–H and O–H groups in total. The summed E-state index contributed by atoms with van der Waals surface area (Å²) in [5.74, 6) is -0.591. The van der Waals surface area contributed by atoms with Gasteiger partial charge in [0.25, 0.3) is 15.9 Å². The monoisotopic (exact) mass is 377 g/mol. The molecule has 0 aromatic heterocycles. The number of rotatable bonds is 5. The molecule has 0 spiro atoms. The van der Waals surface area contributed by atoms with Crippen molar-refractivity contribution in [3.63, 3.8) is 0 Å². The number of carbonyl (C=O) groups excluding carboxylic acids is 1. The van der Waals surface area contributed by atoms with Crippen LogP contribution in [-0.2, 0) is 10.0 Å². The van der Waals surface area contributed by atoms with Gasteiger partial charge in [-0.1, -0.05) is 0 Å². The minimum atomic E-state index is -3.81. The first-order chi connectivity index (χ1) is 12.4. The predicted molar refractivity (Wildman–Crippen MR) is 97.0 cm³/mol. The standard InChI is InChI=1S/C18H20FN3O3S/c1-22(16-10-11-20-12-16)18(23)13-2-8-17(9-3-13)26(24,25)21-15-6-4-14(19)5-7-15/h2-9,16,20-21H,10-12H2,1H3. The molecule has 1 aliphatic rings. The molecular weight excluding hydrogens is 357 g/mol. The van der Waals surface area contributed by atoms with Crippen LogP contribution in [-0.4, -0.2) is 45.4 Å². The fourth-order valence-corrected chi connectivity index (χ4v) is 3.91. The Morgan fingerprint density at radius 3 is 2.38 bits per heavy atom. The maximum absolute atomic E-state index is 12.9. The zero-order chi connectivity index (χ0) is 18.7. The van der Waals surface area contributed by atoms with Gasteiger partial charge in [-0.15, -0.1) is 0 Å². The van der Waals surface area contributed by atoms with Crippen molar-refractivity contribution in [2.75, 3.05) is 24.9 Å². The van der Waals surface area contributed by atoms with Gasteiger partial charge in [0.15, 0.2) is 0 Å². The summed E-state index contributed by atoms with van der Waals surface area (Å²) in [5, 5.41) is 3.21. The Balaban J connectivity index is 1.73. The minimum Gasteiger partial charge on any atom is -0.337 e. The van der Waals surface area contributed by atoms with Crippen LogP contribution in [0.25, 0.3) is 0 Å². The quantitative estimate of drug-likeness (QED) is 0.836. The minimum absolute atomic E-state index is 0.0311. The molecule has 26 heavy (non-hydrogen) atoms. The number of benzene rings is 2. The van der Waals surface area contributed by atoms with Gasteiger partial charge in [-0.05, 0) is 61.5 Å². The number of nitrogens with one attached hydrogen (secondary N) is 2. The van der Waals surface area contributed by atoms with Crippen molar-refractivity contribution in [2.24, 2.45) is 0 Å². The van der Waals surface area contributed by atoms with Gasteiger partial charge in [0.05, 0.1) is 4.90 Å². The predicted octanol–water partition coefficient (Wildman–Crippen LogP) is 2.06. The van der Waals surface area contributed by atoms with E-state index in [0.717, 1.165) is 19.5 Å². The Bertz CT molecular complexity index is 877. The van der Waals surface area contributed by atoms with Gasteiger partial charge in [-0.25, -0.2) is 12.8 Å². The third-order valence-corrected chi connectivity index (χ3v) is 5.81. The van der Waals surface area contributed by atoms with Crippen molar-refractivity contribution in [1.29, 1.82) is 0 Å². The molecule has 1 atom stereocenters. The highest BCUT2D eigenvalue weighted by atomic mass is 32.2. The Morgan fingerprint density at radius 1 is 1.15 bits per heavy atom. The van der Waals surface area contributed by atoms with Crippen molar-refractivity contribution in [3.8, 4) is 0 Å². The molecule has 0 bridgehead atoms. The molecule has 0 aliphatic carbocycles. The lowest BCUT2D eigenvalue weighted by molar-refractivity contribution is 0.0743. The van der Waals surface area contributed by atoms with Gasteiger partial charge in [0, 0.05) is 30.9 Å². The summed E-state index contributed by atoms with van der Waals surface area (Å²) in [6, 6.07) is 11.0. The van der Waals surface area contributed by atoms with E-state index >= 15 is 0 Å². The van der Waals surface area contributed by atoms with E-state index in [0.29, 0.717) is 5.56 Å². The molecule has 2 aromatic carbocycles. The molecular formula is C18H20FN3O3S. The number of carbonyl (C=O) groups is 1. The Hall–Kier alpha value is -2.45. The molecule has 0 saturated carbocycles. The van der Waals surface area contributed by atoms with Crippen molar-refractivity contribution in [2.45, 2.75) is 17.4 Å². The van der Waals surface area contributed by atoms with Crippen molar-refractivity contribution >= 4 is 21.6 Å². The number of amides is 1. The smallest absolute Gasteiger partial charge is 0.261 e. The normalized spacial score (nSPS) is 17.1. The van der Waals surface area contributed by atoms with Gasteiger partial charge in [0.2, 0.25) is 0 Å². The molecule has 1 fully saturated rings. The third kappa shape index (κ3) is 4.03. The van der Waals surface area contributed by atoms with Crippen LogP contribution in [0.2, 0.25) is 0 Å². The lowest BCUT2D eigenvalue weighted by Gasteiger charge is -2.23. The average molecular weight is 377 g/mol. The fourth-order valence-electron chi connectivity index (χ4n) is 2.85. The summed E-state index contributed by atoms with van der Waals surface area (Å²) in [6.45, 7) is 1.64. The van der Waals surface area contributed by atoms with E-state index in [4.69, 9.17) is 0 Å². The zero-order valence-electron chi connectivity index (χ0n) is 14.3. The lowest BCUT2D eigenvalue weighted by Crippen LogP contribution is -2.38. The molecule has 8 heteroatoms. The Morgan fingerprint density at radius 2 is 1.81 bits per heavy atom. The maximum atomic E-state index is 12.9. The summed E-state index contributed by atoms with van der Waals surface area (Å²) in [7, 11) is -2.06. The summed E-state index contributed by atoms with van der Waals surface area (Å²) in [6.07, 6.45) is 0.899. The summed E-state index contributed by atoms with van der Waals surface area (Å²) in [4.78, 5) is 14.2. The second-order valence-electron chi connectivity index (χ2n) is 6.20. The summed E-state index contributed by atoms with van der Waals surface area (Å²) < 4.78 is 40.1. The molecule has 0 radical (unpaired) electrons. The molecule has 1 amide bonds. The van der Waals surface area contributed by atoms with Crippen molar-refractivity contribution < 1.29 is 17.6 Å². The highest BCUT2D eigenvalue weighted by molar-refractivity contribution is 7.92. The molecule has 1 aliphatic heterocycles. The van der Waals surface area contributed by atoms with Gasteiger partial charge in [-0.2, -0.15) is 0 Å². The van der Waals surface area contributed by atoms with Crippen LogP contribution in [0, 0.1) is 5.82 Å². The number of nitrogens with zero attached hydrogens (tertiary/aromatic N) is 1.